The number of primary amides is 2. The fourth-order valence-corrected chi connectivity index (χ4v) is 15.6. The number of H-pyrrole nitrogens is 1. The molecule has 2 bridgehead atoms. The summed E-state index contributed by atoms with van der Waals surface area (Å²) in [6.07, 6.45) is -1.38. The number of aliphatic hydroxyl groups is 2. The lowest BCUT2D eigenvalue weighted by atomic mass is 9.97. The molecule has 5 saturated heterocycles. The van der Waals surface area contributed by atoms with E-state index in [4.69, 9.17) is 11.5 Å². The average molecular weight is 1520 g/mol. The first-order chi connectivity index (χ1) is 50.5. The molecule has 576 valence electrons. The molecule has 5 aliphatic rings. The lowest BCUT2D eigenvalue weighted by Gasteiger charge is -2.34. The summed E-state index contributed by atoms with van der Waals surface area (Å²) < 4.78 is 0. The van der Waals surface area contributed by atoms with E-state index >= 15 is 24.0 Å². The number of aromatic hydroxyl groups is 1. The number of amides is 16. The lowest BCUT2D eigenvalue weighted by Crippen LogP contribution is -2.62. The van der Waals surface area contributed by atoms with Crippen LogP contribution >= 0.6 is 21.6 Å². The molecular formula is C68H93N17O19S2. The van der Waals surface area contributed by atoms with Crippen LogP contribution in [0.1, 0.15) is 103 Å². The summed E-state index contributed by atoms with van der Waals surface area (Å²) in [4.78, 5) is 237. The van der Waals surface area contributed by atoms with Crippen LogP contribution in [-0.2, 0) is 89.6 Å². The van der Waals surface area contributed by atoms with Crippen molar-refractivity contribution in [1.29, 1.82) is 0 Å². The van der Waals surface area contributed by atoms with Crippen LogP contribution in [0.4, 0.5) is 0 Å². The van der Waals surface area contributed by atoms with Crippen molar-refractivity contribution in [2.45, 2.75) is 189 Å². The first-order valence-corrected chi connectivity index (χ1v) is 37.6. The van der Waals surface area contributed by atoms with Gasteiger partial charge in [0.05, 0.1) is 32.1 Å². The second kappa shape index (κ2) is 37.8. The topological polar surface area (TPSA) is 544 Å². The number of carbonyl (C=O) groups excluding carboxylic acids is 16. The van der Waals surface area contributed by atoms with Crippen LogP contribution in [0.2, 0.25) is 0 Å². The van der Waals surface area contributed by atoms with E-state index in [1.807, 2.05) is 0 Å². The molecule has 5 aliphatic heterocycles. The quantitative estimate of drug-likeness (QED) is 0.0710. The highest BCUT2D eigenvalue weighted by molar-refractivity contribution is 8.76. The lowest BCUT2D eigenvalue weighted by molar-refractivity contribution is -0.148. The highest BCUT2D eigenvalue weighted by atomic mass is 33.1. The molecule has 6 heterocycles. The molecule has 15 atom stereocenters. The van der Waals surface area contributed by atoms with Crippen molar-refractivity contribution in [2.24, 2.45) is 17.4 Å². The molecule has 8 rings (SSSR count). The summed E-state index contributed by atoms with van der Waals surface area (Å²) in [5.41, 5.74) is 12.7. The maximum Gasteiger partial charge on any atom is 0.246 e. The Hall–Kier alpha value is -10.1. The largest absolute Gasteiger partial charge is 0.508 e. The van der Waals surface area contributed by atoms with E-state index in [0.717, 1.165) is 33.4 Å². The van der Waals surface area contributed by atoms with Crippen LogP contribution in [0, 0.1) is 5.92 Å². The number of hydrogen-bond donors (Lipinski definition) is 17. The maximum atomic E-state index is 15.2. The summed E-state index contributed by atoms with van der Waals surface area (Å²) in [7, 11) is 1.56. The van der Waals surface area contributed by atoms with Gasteiger partial charge in [0.2, 0.25) is 94.5 Å². The number of aromatic nitrogens is 1. The van der Waals surface area contributed by atoms with Gasteiger partial charge < -0.3 is 105 Å². The van der Waals surface area contributed by atoms with E-state index in [-0.39, 0.29) is 76.8 Å². The van der Waals surface area contributed by atoms with Crippen LogP contribution < -0.4 is 70.0 Å². The molecule has 36 nitrogen and oxygen atoms in total. The van der Waals surface area contributed by atoms with Crippen LogP contribution in [0.5, 0.6) is 5.75 Å². The Morgan fingerprint density at radius 2 is 1.01 bits per heavy atom. The third-order valence-electron chi connectivity index (χ3n) is 19.3. The van der Waals surface area contributed by atoms with Crippen molar-refractivity contribution in [2.75, 3.05) is 44.3 Å². The molecule has 19 N–H and O–H groups in total. The summed E-state index contributed by atoms with van der Waals surface area (Å²) in [6.45, 7) is 3.85. The summed E-state index contributed by atoms with van der Waals surface area (Å²) in [5.74, 6) is -18.2. The van der Waals surface area contributed by atoms with Gasteiger partial charge in [-0.25, -0.2) is 0 Å². The van der Waals surface area contributed by atoms with Crippen molar-refractivity contribution < 1.29 is 92.0 Å². The maximum absolute atomic E-state index is 15.2. The molecule has 38 heteroatoms. The van der Waals surface area contributed by atoms with E-state index in [2.05, 4.69) is 63.5 Å². The van der Waals surface area contributed by atoms with Gasteiger partial charge in [-0.15, -0.1) is 0 Å². The van der Waals surface area contributed by atoms with Crippen LogP contribution in [0.3, 0.4) is 0 Å². The molecule has 0 saturated carbocycles. The zero-order valence-electron chi connectivity index (χ0n) is 59.0. The standard InChI is InChI=1S/C68H93N17O19S2/c1-5-33(3)54-64(100)79-47-32-106-105-31-46(80-65(101)55(34(4)87)81-53(91)29-72-56(92)42(26-51(69)89)75-62(98)48-14-9-21-83(48)67(103)44(27-52(70)90)77-61(47)97)60(96)74-41(24-35-17-19-37(88)20-18-35)58(94)73-39(6-2)57(93)78-45(30-86)59(95)76-43(25-36-28-71-40-13-8-7-12-38(36)40)66(102)85-23-11-16-50(85)68(104)84-22-10-15-49(84)63(99)82-54/h7-8,12-13,17-20,28,33-34,39,41-50,54-55,71,86-88H,5-6,9-11,14-16,21-27,29-32H2,1-4H3,(H2,69,89)(H2,70,90)(H,72,92)(H,73,94)(H,74,96)(H,75,98)(H,76,95)(H,77,97)(H,78,93)(H,79,100)(H,80,101)(H,81,91)(H,82,99)/t33-,34+,39?,41-,42-,43-,44-,45-,46-,47-,48-,49-,50-,54-,55-/m0/s1. The molecule has 5 fully saturated rings. The van der Waals surface area contributed by atoms with E-state index in [1.165, 1.54) is 41.0 Å². The van der Waals surface area contributed by atoms with E-state index in [0.29, 0.717) is 34.9 Å². The average Bonchev–Trinajstić information content (AvgIpc) is 1.63. The highest BCUT2D eigenvalue weighted by Gasteiger charge is 2.47. The summed E-state index contributed by atoms with van der Waals surface area (Å²) in [6, 6.07) is -8.36. The number of aromatic amines is 1. The first kappa shape index (κ1) is 81.6. The molecule has 0 spiro atoms. The van der Waals surface area contributed by atoms with Crippen LogP contribution in [0.15, 0.2) is 54.7 Å². The van der Waals surface area contributed by atoms with E-state index < -0.39 is 223 Å². The molecule has 106 heavy (non-hydrogen) atoms. The number of nitrogens with one attached hydrogen (secondary N) is 12. The Morgan fingerprint density at radius 3 is 1.59 bits per heavy atom. The molecule has 0 aliphatic carbocycles. The second-order valence-electron chi connectivity index (χ2n) is 26.9. The number of rotatable bonds is 13. The van der Waals surface area contributed by atoms with Gasteiger partial charge in [-0.1, -0.05) is 79.1 Å². The van der Waals surface area contributed by atoms with Gasteiger partial charge in [0.25, 0.3) is 0 Å². The fraction of sp³-hybridized carbons (Fsp3) is 0.559. The van der Waals surface area contributed by atoms with Crippen molar-refractivity contribution >= 4 is 127 Å². The Balaban J connectivity index is 1.22. The van der Waals surface area contributed by atoms with Crippen molar-refractivity contribution in [3.63, 3.8) is 0 Å². The number of benzene rings is 2. The fourth-order valence-electron chi connectivity index (χ4n) is 13.3. The summed E-state index contributed by atoms with van der Waals surface area (Å²) >= 11 is 0. The normalized spacial score (nSPS) is 28.1. The monoisotopic (exact) mass is 1520 g/mol. The smallest absolute Gasteiger partial charge is 0.246 e. The van der Waals surface area contributed by atoms with Gasteiger partial charge in [-0.05, 0) is 87.1 Å². The zero-order valence-corrected chi connectivity index (χ0v) is 60.6. The zero-order chi connectivity index (χ0) is 77.2. The van der Waals surface area contributed by atoms with Gasteiger partial charge in [0.1, 0.15) is 84.3 Å². The first-order valence-electron chi connectivity index (χ1n) is 35.2. The molecule has 16 amide bonds. The van der Waals surface area contributed by atoms with Crippen molar-refractivity contribution in [3.05, 3.63) is 65.9 Å². The Morgan fingerprint density at radius 1 is 0.519 bits per heavy atom. The van der Waals surface area contributed by atoms with Crippen molar-refractivity contribution in [1.82, 2.24) is 78.2 Å². The number of para-hydroxylation sites is 1. The number of hydrogen-bond acceptors (Lipinski definition) is 21. The van der Waals surface area contributed by atoms with Gasteiger partial charge in [0.15, 0.2) is 0 Å². The number of aliphatic hydroxyl groups excluding tert-OH is 2. The van der Waals surface area contributed by atoms with Gasteiger partial charge in [0, 0.05) is 61.1 Å². The van der Waals surface area contributed by atoms with Gasteiger partial charge >= 0.3 is 0 Å². The minimum absolute atomic E-state index is 0.0291. The Kier molecular flexibility index (Phi) is 29.1. The molecule has 1 aromatic heterocycles. The third kappa shape index (κ3) is 21.1. The number of fused-ring (bicyclic) bond motifs is 9. The van der Waals surface area contributed by atoms with Crippen LogP contribution in [0.25, 0.3) is 10.9 Å². The second-order valence-corrected chi connectivity index (χ2v) is 29.4. The van der Waals surface area contributed by atoms with Gasteiger partial charge in [-0.2, -0.15) is 0 Å². The van der Waals surface area contributed by atoms with Crippen molar-refractivity contribution in [3.8, 4) is 5.75 Å². The summed E-state index contributed by atoms with van der Waals surface area (Å²) in [5, 5.41) is 60.3. The van der Waals surface area contributed by atoms with E-state index in [1.54, 1.807) is 44.3 Å². The van der Waals surface area contributed by atoms with Gasteiger partial charge in [-0.3, -0.25) is 76.7 Å². The Labute approximate surface area is 617 Å². The Bertz CT molecular complexity index is 3810. The molecule has 3 aromatic rings. The number of carbonyl (C=O) groups is 16. The minimum Gasteiger partial charge on any atom is -0.508 e. The SMILES string of the molecule is CCC1NC(=O)[C@H](Cc2ccc(O)cc2)NC(=O)[C@@H]2CSSC[C@H](NC(=O)[C@H]([C@@H](C)CC)NC(=O)[C@@H]3CCCN3C(=O)[C@@H]3CCCN3C(=O)[C@H](Cc3c[nH]c4ccccc34)NC(=O)[C@H](CO)NC1=O)C(=O)N[C@@H](CC(N)=O)C(=O)N1CCC[C@H]1C(=O)N[C@@H](CC(N)=O)C(=O)NCC(=O)N[C@@H]([C@@H](C)O)C(=O)N2. The number of phenols is 1. The highest BCUT2D eigenvalue weighted by Crippen LogP contribution is 2.30. The molecule has 0 radical (unpaired) electrons. The predicted molar refractivity (Wildman–Crippen MR) is 381 cm³/mol. The molecular weight excluding hydrogens is 1420 g/mol. The number of nitrogens with zero attached hydrogens (tertiary/aromatic N) is 3. The van der Waals surface area contributed by atoms with E-state index in [9.17, 15) is 68.1 Å². The number of phenolic OH excluding ortho intramolecular Hbond substituents is 1. The number of nitrogens with two attached hydrogens (primary N) is 2. The minimum atomic E-state index is -1.93. The molecule has 1 unspecified atom stereocenters. The molecule has 2 aromatic carbocycles. The predicted octanol–water partition coefficient (Wildman–Crippen LogP) is -5.42. The van der Waals surface area contributed by atoms with Crippen LogP contribution in [-0.4, -0.2) is 258 Å². The third-order valence-corrected chi connectivity index (χ3v) is 21.7.